The van der Waals surface area contributed by atoms with Crippen molar-refractivity contribution in [3.63, 3.8) is 0 Å². The Morgan fingerprint density at radius 1 is 1.55 bits per heavy atom. The summed E-state index contributed by atoms with van der Waals surface area (Å²) in [5, 5.41) is 2.78. The van der Waals surface area contributed by atoms with E-state index in [9.17, 15) is 9.59 Å². The van der Waals surface area contributed by atoms with Crippen LogP contribution in [0, 0.1) is 6.92 Å². The Balaban J connectivity index is 1.97. The van der Waals surface area contributed by atoms with Gasteiger partial charge >= 0.3 is 0 Å². The summed E-state index contributed by atoms with van der Waals surface area (Å²) in [5.41, 5.74) is 0. The van der Waals surface area contributed by atoms with Crippen LogP contribution in [-0.2, 0) is 20.9 Å². The molecule has 2 amide bonds. The average Bonchev–Trinajstić information content (AvgIpc) is 2.98. The average molecular weight is 280 g/mol. The molecular weight excluding hydrogens is 260 g/mol. The Hall–Kier alpha value is -1.82. The first-order valence-corrected chi connectivity index (χ1v) is 6.73. The molecule has 0 aromatic carbocycles. The fraction of sp³-hybridized carbons (Fsp3) is 0.571. The highest BCUT2D eigenvalue weighted by Gasteiger charge is 2.36. The molecule has 2 heterocycles. The molecule has 2 rings (SSSR count). The van der Waals surface area contributed by atoms with Crippen molar-refractivity contribution in [3.8, 4) is 0 Å². The van der Waals surface area contributed by atoms with E-state index in [2.05, 4.69) is 5.32 Å². The molecule has 1 aromatic heterocycles. The van der Waals surface area contributed by atoms with Crippen molar-refractivity contribution < 1.29 is 18.7 Å². The molecule has 0 spiro atoms. The Bertz CT molecular complexity index is 483. The third kappa shape index (κ3) is 3.39. The highest BCUT2D eigenvalue weighted by molar-refractivity contribution is 5.90. The summed E-state index contributed by atoms with van der Waals surface area (Å²) in [7, 11) is 1.58. The predicted molar refractivity (Wildman–Crippen MR) is 71.9 cm³/mol. The number of nitrogens with zero attached hydrogens (tertiary/aromatic N) is 1. The van der Waals surface area contributed by atoms with E-state index < -0.39 is 6.04 Å². The second-order valence-corrected chi connectivity index (χ2v) is 4.87. The maximum absolute atomic E-state index is 12.1. The van der Waals surface area contributed by atoms with Crippen molar-refractivity contribution in [2.75, 3.05) is 20.3 Å². The second kappa shape index (κ2) is 6.56. The maximum Gasteiger partial charge on any atom is 0.242 e. The van der Waals surface area contributed by atoms with Gasteiger partial charge in [-0.05, 0) is 25.5 Å². The lowest BCUT2D eigenvalue weighted by Crippen LogP contribution is -2.45. The van der Waals surface area contributed by atoms with Crippen LogP contribution in [0.4, 0.5) is 0 Å². The largest absolute Gasteiger partial charge is 0.464 e. The zero-order valence-corrected chi connectivity index (χ0v) is 11.8. The summed E-state index contributed by atoms with van der Waals surface area (Å²) in [6, 6.07) is 3.27. The van der Waals surface area contributed by atoms with Gasteiger partial charge in [0.1, 0.15) is 17.6 Å². The molecule has 0 bridgehead atoms. The summed E-state index contributed by atoms with van der Waals surface area (Å²) in [5.74, 6) is 1.36. The fourth-order valence-electron chi connectivity index (χ4n) is 2.34. The van der Waals surface area contributed by atoms with Gasteiger partial charge in [0, 0.05) is 20.1 Å². The van der Waals surface area contributed by atoms with Gasteiger partial charge in [0.05, 0.1) is 13.2 Å². The maximum atomic E-state index is 12.1. The first-order valence-electron chi connectivity index (χ1n) is 6.73. The Morgan fingerprint density at radius 3 is 3.00 bits per heavy atom. The van der Waals surface area contributed by atoms with E-state index in [1.54, 1.807) is 12.0 Å². The lowest BCUT2D eigenvalue weighted by molar-refractivity contribution is -0.136. The molecule has 1 N–H and O–H groups in total. The number of methoxy groups -OCH3 is 1. The van der Waals surface area contributed by atoms with E-state index in [0.29, 0.717) is 38.3 Å². The number of rotatable bonds is 6. The number of carbonyl (C=O) groups is 2. The summed E-state index contributed by atoms with van der Waals surface area (Å²) < 4.78 is 10.4. The van der Waals surface area contributed by atoms with Crippen LogP contribution >= 0.6 is 0 Å². The molecule has 0 saturated carbocycles. The van der Waals surface area contributed by atoms with Gasteiger partial charge in [-0.15, -0.1) is 0 Å². The van der Waals surface area contributed by atoms with Crippen LogP contribution in [0.2, 0.25) is 0 Å². The van der Waals surface area contributed by atoms with Crippen LogP contribution < -0.4 is 5.32 Å². The molecule has 6 nitrogen and oxygen atoms in total. The minimum Gasteiger partial charge on any atom is -0.464 e. The zero-order chi connectivity index (χ0) is 14.5. The van der Waals surface area contributed by atoms with Crippen LogP contribution in [0.25, 0.3) is 0 Å². The number of likely N-dealkylation sites (tertiary alicyclic amines) is 1. The van der Waals surface area contributed by atoms with Crippen molar-refractivity contribution in [2.24, 2.45) is 0 Å². The summed E-state index contributed by atoms with van der Waals surface area (Å²) in [6.07, 6.45) is 0.958. The van der Waals surface area contributed by atoms with Gasteiger partial charge in [-0.3, -0.25) is 9.59 Å². The number of nitrogens with one attached hydrogen (secondary N) is 1. The van der Waals surface area contributed by atoms with Gasteiger partial charge in [0.2, 0.25) is 11.8 Å². The van der Waals surface area contributed by atoms with Crippen molar-refractivity contribution in [2.45, 2.75) is 32.4 Å². The SMILES string of the molecule is COCCNC(=O)C1CCC(=O)N1Cc1ccc(C)o1. The van der Waals surface area contributed by atoms with Gasteiger partial charge in [-0.2, -0.15) is 0 Å². The highest BCUT2D eigenvalue weighted by Crippen LogP contribution is 2.22. The molecule has 20 heavy (non-hydrogen) atoms. The topological polar surface area (TPSA) is 71.8 Å². The minimum absolute atomic E-state index is 0.00838. The first kappa shape index (κ1) is 14.6. The zero-order valence-electron chi connectivity index (χ0n) is 11.8. The molecule has 0 radical (unpaired) electrons. The standard InChI is InChI=1S/C14H20N2O4/c1-10-3-4-11(20-10)9-16-12(5-6-13(16)17)14(18)15-7-8-19-2/h3-4,12H,5-9H2,1-2H3,(H,15,18). The molecule has 1 aliphatic rings. The number of aryl methyl sites for hydroxylation is 1. The molecule has 0 aliphatic carbocycles. The quantitative estimate of drug-likeness (QED) is 0.784. The summed E-state index contributed by atoms with van der Waals surface area (Å²) in [6.45, 7) is 3.11. The lowest BCUT2D eigenvalue weighted by Gasteiger charge is -2.23. The number of hydrogen-bond acceptors (Lipinski definition) is 4. The number of ether oxygens (including phenoxy) is 1. The normalized spacial score (nSPS) is 18.6. The van der Waals surface area contributed by atoms with Crippen LogP contribution in [0.1, 0.15) is 24.4 Å². The van der Waals surface area contributed by atoms with Crippen LogP contribution in [0.5, 0.6) is 0 Å². The van der Waals surface area contributed by atoms with Crippen LogP contribution in [-0.4, -0.2) is 43.0 Å². The van der Waals surface area contributed by atoms with Gasteiger partial charge in [0.15, 0.2) is 0 Å². The van der Waals surface area contributed by atoms with Crippen LogP contribution in [0.15, 0.2) is 16.5 Å². The van der Waals surface area contributed by atoms with Crippen molar-refractivity contribution in [3.05, 3.63) is 23.7 Å². The Morgan fingerprint density at radius 2 is 2.35 bits per heavy atom. The fourth-order valence-corrected chi connectivity index (χ4v) is 2.34. The molecule has 110 valence electrons. The smallest absolute Gasteiger partial charge is 0.242 e. The third-order valence-electron chi connectivity index (χ3n) is 3.36. The third-order valence-corrected chi connectivity index (χ3v) is 3.36. The van der Waals surface area contributed by atoms with Gasteiger partial charge in [-0.1, -0.05) is 0 Å². The molecular formula is C14H20N2O4. The Kier molecular flexibility index (Phi) is 4.79. The molecule has 1 atom stereocenters. The van der Waals surface area contributed by atoms with Crippen molar-refractivity contribution in [1.82, 2.24) is 10.2 Å². The van der Waals surface area contributed by atoms with E-state index in [-0.39, 0.29) is 11.8 Å². The lowest BCUT2D eigenvalue weighted by atomic mass is 10.2. The van der Waals surface area contributed by atoms with E-state index in [4.69, 9.17) is 9.15 Å². The highest BCUT2D eigenvalue weighted by atomic mass is 16.5. The minimum atomic E-state index is -0.412. The Labute approximate surface area is 118 Å². The molecule has 1 fully saturated rings. The van der Waals surface area contributed by atoms with E-state index in [1.165, 1.54) is 0 Å². The van der Waals surface area contributed by atoms with Gasteiger partial charge in [-0.25, -0.2) is 0 Å². The number of furan rings is 1. The predicted octanol–water partition coefficient (Wildman–Crippen LogP) is 0.842. The molecule has 1 saturated heterocycles. The monoisotopic (exact) mass is 280 g/mol. The van der Waals surface area contributed by atoms with E-state index >= 15 is 0 Å². The van der Waals surface area contributed by atoms with Gasteiger partial charge < -0.3 is 19.4 Å². The molecule has 6 heteroatoms. The second-order valence-electron chi connectivity index (χ2n) is 4.87. The summed E-state index contributed by atoms with van der Waals surface area (Å²) in [4.78, 5) is 25.6. The van der Waals surface area contributed by atoms with E-state index in [0.717, 1.165) is 5.76 Å². The van der Waals surface area contributed by atoms with E-state index in [1.807, 2.05) is 19.1 Å². The first-order chi connectivity index (χ1) is 9.61. The van der Waals surface area contributed by atoms with Crippen LogP contribution in [0.3, 0.4) is 0 Å². The summed E-state index contributed by atoms with van der Waals surface area (Å²) >= 11 is 0. The van der Waals surface area contributed by atoms with Crippen molar-refractivity contribution in [1.29, 1.82) is 0 Å². The molecule has 1 unspecified atom stereocenters. The number of hydrogen-bond donors (Lipinski definition) is 1. The molecule has 1 aliphatic heterocycles. The number of carbonyl (C=O) groups excluding carboxylic acids is 2. The number of amides is 2. The van der Waals surface area contributed by atoms with Gasteiger partial charge in [0.25, 0.3) is 0 Å². The van der Waals surface area contributed by atoms with Crippen molar-refractivity contribution >= 4 is 11.8 Å². The molecule has 1 aromatic rings.